The van der Waals surface area contributed by atoms with Crippen molar-refractivity contribution >= 4 is 17.8 Å². The Morgan fingerprint density at radius 3 is 2.16 bits per heavy atom. The predicted molar refractivity (Wildman–Crippen MR) is 92.5 cm³/mol. The molecule has 0 aliphatic rings. The summed E-state index contributed by atoms with van der Waals surface area (Å²) in [5.74, 6) is -0.218. The van der Waals surface area contributed by atoms with Gasteiger partial charge in [0.1, 0.15) is 18.1 Å². The van der Waals surface area contributed by atoms with Gasteiger partial charge in [0.15, 0.2) is 5.78 Å². The van der Waals surface area contributed by atoms with Crippen LogP contribution < -0.4 is 14.6 Å². The predicted octanol–water partition coefficient (Wildman–Crippen LogP) is 2.50. The molecule has 0 aromatic heterocycles. The zero-order chi connectivity index (χ0) is 18.1. The molecule has 5 heteroatoms. The van der Waals surface area contributed by atoms with Gasteiger partial charge in [0.2, 0.25) is 0 Å². The maximum Gasteiger partial charge on any atom is 0.185 e. The summed E-state index contributed by atoms with van der Waals surface area (Å²) in [6, 6.07) is 13.7. The highest BCUT2D eigenvalue weighted by atomic mass is 16.5. The molecule has 0 unspecified atom stereocenters. The molecule has 0 N–H and O–H groups in total. The molecule has 0 heterocycles. The molecule has 25 heavy (non-hydrogen) atoms. The Bertz CT molecular complexity index is 730. The van der Waals surface area contributed by atoms with Crippen molar-refractivity contribution in [3.63, 3.8) is 0 Å². The molecule has 0 bridgehead atoms. The highest BCUT2D eigenvalue weighted by Crippen LogP contribution is 2.15. The first-order valence-corrected chi connectivity index (χ1v) is 7.96. The topological polar surface area (TPSA) is 75.7 Å². The van der Waals surface area contributed by atoms with E-state index in [4.69, 9.17) is 9.47 Å². The molecule has 2 aromatic carbocycles. The van der Waals surface area contributed by atoms with Crippen molar-refractivity contribution < 1.29 is 24.2 Å². The van der Waals surface area contributed by atoms with E-state index in [9.17, 15) is 14.7 Å². The van der Waals surface area contributed by atoms with E-state index >= 15 is 0 Å². The van der Waals surface area contributed by atoms with E-state index in [1.54, 1.807) is 54.6 Å². The van der Waals surface area contributed by atoms with Crippen LogP contribution in [0.2, 0.25) is 0 Å². The Kier molecular flexibility index (Phi) is 6.77. The molecular weight excluding hydrogens is 320 g/mol. The van der Waals surface area contributed by atoms with Crippen LogP contribution in [-0.2, 0) is 4.79 Å². The summed E-state index contributed by atoms with van der Waals surface area (Å²) in [6.45, 7) is 2.19. The summed E-state index contributed by atoms with van der Waals surface area (Å²) < 4.78 is 10.5. The fourth-order valence-electron chi connectivity index (χ4n) is 2.02. The number of carboxylic acid groups (broad SMARTS) is 1. The van der Waals surface area contributed by atoms with Crippen LogP contribution in [0.25, 0.3) is 6.08 Å². The fourth-order valence-corrected chi connectivity index (χ4v) is 2.02. The van der Waals surface area contributed by atoms with E-state index in [0.717, 1.165) is 17.7 Å². The molecule has 0 aliphatic carbocycles. The zero-order valence-corrected chi connectivity index (χ0v) is 13.9. The first-order chi connectivity index (χ1) is 12.1. The molecule has 5 nitrogen and oxygen atoms in total. The monoisotopic (exact) mass is 339 g/mol. The first kappa shape index (κ1) is 18.3. The van der Waals surface area contributed by atoms with Gasteiger partial charge in [-0.1, -0.05) is 25.1 Å². The number of carboxylic acids is 1. The lowest BCUT2D eigenvalue weighted by Gasteiger charge is -2.06. The highest BCUT2D eigenvalue weighted by Gasteiger charge is 2.02. The standard InChI is InChI=1S/C20H20O5/c1-2-13-24-17-10-6-16(7-11-17)19(21)12-5-15-3-8-18(9-4-15)25-14-20(22)23/h3-12H,2,13-14H2,1H3,(H,22,23)/p-1/b12-5+. The van der Waals surface area contributed by atoms with Gasteiger partial charge in [-0.05, 0) is 54.5 Å². The summed E-state index contributed by atoms with van der Waals surface area (Å²) in [6.07, 6.45) is 4.10. The van der Waals surface area contributed by atoms with Gasteiger partial charge in [0.25, 0.3) is 0 Å². The van der Waals surface area contributed by atoms with Crippen molar-refractivity contribution in [2.45, 2.75) is 13.3 Å². The Morgan fingerprint density at radius 1 is 0.960 bits per heavy atom. The third-order valence-corrected chi connectivity index (χ3v) is 3.28. The molecule has 0 radical (unpaired) electrons. The minimum absolute atomic E-state index is 0.112. The van der Waals surface area contributed by atoms with Crippen LogP contribution in [0.3, 0.4) is 0 Å². The van der Waals surface area contributed by atoms with Crippen molar-refractivity contribution in [2.75, 3.05) is 13.2 Å². The van der Waals surface area contributed by atoms with Gasteiger partial charge in [-0.15, -0.1) is 0 Å². The number of aliphatic carboxylic acids is 1. The number of carbonyl (C=O) groups excluding carboxylic acids is 2. The average Bonchev–Trinajstić information content (AvgIpc) is 2.64. The third kappa shape index (κ3) is 6.14. The van der Waals surface area contributed by atoms with Gasteiger partial charge < -0.3 is 19.4 Å². The van der Waals surface area contributed by atoms with Crippen LogP contribution in [0.5, 0.6) is 11.5 Å². The second-order valence-corrected chi connectivity index (χ2v) is 5.30. The largest absolute Gasteiger partial charge is 0.546 e. The van der Waals surface area contributed by atoms with Crippen molar-refractivity contribution in [3.05, 3.63) is 65.7 Å². The van der Waals surface area contributed by atoms with Crippen LogP contribution in [0.4, 0.5) is 0 Å². The number of carbonyl (C=O) groups is 2. The van der Waals surface area contributed by atoms with Crippen LogP contribution in [0.15, 0.2) is 54.6 Å². The summed E-state index contributed by atoms with van der Waals surface area (Å²) in [7, 11) is 0. The SMILES string of the molecule is CCCOc1ccc(C(=O)/C=C/c2ccc(OCC(=O)[O-])cc2)cc1. The number of hydrogen-bond acceptors (Lipinski definition) is 5. The molecule has 0 fully saturated rings. The minimum Gasteiger partial charge on any atom is -0.546 e. The summed E-state index contributed by atoms with van der Waals surface area (Å²) in [5, 5.41) is 10.3. The molecule has 2 rings (SSSR count). The average molecular weight is 339 g/mol. The molecule has 0 amide bonds. The van der Waals surface area contributed by atoms with E-state index in [-0.39, 0.29) is 5.78 Å². The van der Waals surface area contributed by atoms with Crippen molar-refractivity contribution in [1.82, 2.24) is 0 Å². The number of ether oxygens (including phenoxy) is 2. The van der Waals surface area contributed by atoms with Crippen molar-refractivity contribution in [2.24, 2.45) is 0 Å². The summed E-state index contributed by atoms with van der Waals surface area (Å²) >= 11 is 0. The number of rotatable bonds is 9. The van der Waals surface area contributed by atoms with E-state index in [1.165, 1.54) is 6.08 Å². The molecule has 0 atom stereocenters. The summed E-state index contributed by atoms with van der Waals surface area (Å²) in [5.41, 5.74) is 1.38. The number of allylic oxidation sites excluding steroid dienone is 1. The molecule has 130 valence electrons. The zero-order valence-electron chi connectivity index (χ0n) is 13.9. The van der Waals surface area contributed by atoms with Crippen LogP contribution in [-0.4, -0.2) is 25.0 Å². The van der Waals surface area contributed by atoms with Crippen LogP contribution >= 0.6 is 0 Å². The lowest BCUT2D eigenvalue weighted by molar-refractivity contribution is -0.307. The second-order valence-electron chi connectivity index (χ2n) is 5.30. The lowest BCUT2D eigenvalue weighted by Crippen LogP contribution is -2.28. The quantitative estimate of drug-likeness (QED) is 0.518. The Morgan fingerprint density at radius 2 is 1.56 bits per heavy atom. The smallest absolute Gasteiger partial charge is 0.185 e. The van der Waals surface area contributed by atoms with Crippen molar-refractivity contribution in [3.8, 4) is 11.5 Å². The minimum atomic E-state index is -1.28. The van der Waals surface area contributed by atoms with Crippen molar-refractivity contribution in [1.29, 1.82) is 0 Å². The third-order valence-electron chi connectivity index (χ3n) is 3.28. The maximum atomic E-state index is 12.2. The Balaban J connectivity index is 1.94. The molecule has 0 aliphatic heterocycles. The maximum absolute atomic E-state index is 12.2. The molecule has 0 saturated heterocycles. The van der Waals surface area contributed by atoms with Gasteiger partial charge in [-0.2, -0.15) is 0 Å². The van der Waals surface area contributed by atoms with E-state index in [2.05, 4.69) is 0 Å². The van der Waals surface area contributed by atoms with E-state index in [0.29, 0.717) is 17.9 Å². The molecular formula is C20H19O5-. The first-order valence-electron chi connectivity index (χ1n) is 7.96. The highest BCUT2D eigenvalue weighted by molar-refractivity contribution is 6.06. The Hall–Kier alpha value is -3.08. The lowest BCUT2D eigenvalue weighted by atomic mass is 10.1. The van der Waals surface area contributed by atoms with E-state index < -0.39 is 12.6 Å². The molecule has 2 aromatic rings. The van der Waals surface area contributed by atoms with Gasteiger partial charge in [0, 0.05) is 5.56 Å². The van der Waals surface area contributed by atoms with Crippen LogP contribution in [0, 0.1) is 0 Å². The molecule has 0 spiro atoms. The number of ketones is 1. The number of benzene rings is 2. The van der Waals surface area contributed by atoms with Gasteiger partial charge in [-0.3, -0.25) is 4.79 Å². The fraction of sp³-hybridized carbons (Fsp3) is 0.200. The second kappa shape index (κ2) is 9.27. The van der Waals surface area contributed by atoms with Gasteiger partial charge in [0.05, 0.1) is 12.6 Å². The van der Waals surface area contributed by atoms with Gasteiger partial charge >= 0.3 is 0 Å². The van der Waals surface area contributed by atoms with Crippen LogP contribution in [0.1, 0.15) is 29.3 Å². The Labute approximate surface area is 146 Å². The molecule has 0 saturated carbocycles. The number of hydrogen-bond donors (Lipinski definition) is 0. The van der Waals surface area contributed by atoms with E-state index in [1.807, 2.05) is 6.92 Å². The summed E-state index contributed by atoms with van der Waals surface area (Å²) in [4.78, 5) is 22.5. The van der Waals surface area contributed by atoms with Gasteiger partial charge in [-0.25, -0.2) is 0 Å². The normalized spacial score (nSPS) is 10.6.